The van der Waals surface area contributed by atoms with Gasteiger partial charge in [-0.1, -0.05) is 0 Å². The van der Waals surface area contributed by atoms with Crippen molar-refractivity contribution < 1.29 is 19.0 Å². The van der Waals surface area contributed by atoms with Crippen molar-refractivity contribution in [3.05, 3.63) is 23.9 Å². The Labute approximate surface area is 124 Å². The molecule has 2 saturated heterocycles. The number of methoxy groups -OCH3 is 1. The fourth-order valence-corrected chi connectivity index (χ4v) is 2.89. The van der Waals surface area contributed by atoms with Crippen LogP contribution in [0.1, 0.15) is 23.2 Å². The maximum atomic E-state index is 11.6. The van der Waals surface area contributed by atoms with Crippen molar-refractivity contribution >= 4 is 11.8 Å². The number of anilines is 1. The van der Waals surface area contributed by atoms with E-state index in [-0.39, 0.29) is 12.3 Å². The molecule has 0 radical (unpaired) electrons. The lowest BCUT2D eigenvalue weighted by atomic mass is 9.96. The van der Waals surface area contributed by atoms with Gasteiger partial charge < -0.3 is 19.1 Å². The van der Waals surface area contributed by atoms with Gasteiger partial charge in [-0.3, -0.25) is 0 Å². The van der Waals surface area contributed by atoms with Crippen LogP contribution < -0.4 is 4.90 Å². The molecule has 3 heterocycles. The fraction of sp³-hybridized carbons (Fsp3) is 0.600. The molecule has 0 aliphatic carbocycles. The molecular weight excluding hydrogens is 272 g/mol. The molecule has 21 heavy (non-hydrogen) atoms. The number of esters is 1. The molecule has 0 spiro atoms. The van der Waals surface area contributed by atoms with Crippen LogP contribution in [-0.2, 0) is 14.2 Å². The number of nitrogens with zero attached hydrogens (tertiary/aromatic N) is 2. The van der Waals surface area contributed by atoms with E-state index in [1.165, 1.54) is 7.11 Å². The van der Waals surface area contributed by atoms with E-state index in [1.807, 2.05) is 0 Å². The molecule has 2 aliphatic rings. The van der Waals surface area contributed by atoms with Crippen molar-refractivity contribution in [2.24, 2.45) is 5.92 Å². The molecule has 1 aromatic rings. The zero-order chi connectivity index (χ0) is 14.7. The lowest BCUT2D eigenvalue weighted by Crippen LogP contribution is -2.38. The SMILES string of the molecule is COC(=O)c1ccnc(N2CCC(C3OCCO3)CC2)c1. The second kappa shape index (κ2) is 6.41. The molecule has 2 fully saturated rings. The Morgan fingerprint density at radius 1 is 1.33 bits per heavy atom. The van der Waals surface area contributed by atoms with Gasteiger partial charge in [0.25, 0.3) is 0 Å². The molecule has 114 valence electrons. The molecule has 0 bridgehead atoms. The number of ether oxygens (including phenoxy) is 3. The lowest BCUT2D eigenvalue weighted by molar-refractivity contribution is -0.0889. The molecule has 0 saturated carbocycles. The van der Waals surface area contributed by atoms with Crippen LogP contribution in [0.2, 0.25) is 0 Å². The number of hydrogen-bond donors (Lipinski definition) is 0. The van der Waals surface area contributed by atoms with Crippen LogP contribution in [0.3, 0.4) is 0 Å². The van der Waals surface area contributed by atoms with Crippen LogP contribution in [0.5, 0.6) is 0 Å². The maximum Gasteiger partial charge on any atom is 0.338 e. The Hall–Kier alpha value is -1.66. The summed E-state index contributed by atoms with van der Waals surface area (Å²) in [5.74, 6) is 0.943. The molecule has 0 atom stereocenters. The second-order valence-electron chi connectivity index (χ2n) is 5.33. The fourth-order valence-electron chi connectivity index (χ4n) is 2.89. The van der Waals surface area contributed by atoms with Gasteiger partial charge in [-0.2, -0.15) is 0 Å². The van der Waals surface area contributed by atoms with Gasteiger partial charge in [0.05, 0.1) is 25.9 Å². The number of piperidine rings is 1. The van der Waals surface area contributed by atoms with Crippen LogP contribution in [-0.4, -0.2) is 50.7 Å². The lowest BCUT2D eigenvalue weighted by Gasteiger charge is -2.34. The Morgan fingerprint density at radius 2 is 2.05 bits per heavy atom. The molecule has 6 nitrogen and oxygen atoms in total. The number of hydrogen-bond acceptors (Lipinski definition) is 6. The standard InChI is InChI=1S/C15H20N2O4/c1-19-14(18)12-2-5-16-13(10-12)17-6-3-11(4-7-17)15-20-8-9-21-15/h2,5,10-11,15H,3-4,6-9H2,1H3. The monoisotopic (exact) mass is 292 g/mol. The minimum Gasteiger partial charge on any atom is -0.465 e. The van der Waals surface area contributed by atoms with Crippen LogP contribution >= 0.6 is 0 Å². The summed E-state index contributed by atoms with van der Waals surface area (Å²) in [5, 5.41) is 0. The van der Waals surface area contributed by atoms with E-state index in [2.05, 4.69) is 9.88 Å². The average Bonchev–Trinajstić information content (AvgIpc) is 3.09. The van der Waals surface area contributed by atoms with Gasteiger partial charge >= 0.3 is 5.97 Å². The van der Waals surface area contributed by atoms with E-state index in [4.69, 9.17) is 14.2 Å². The highest BCUT2D eigenvalue weighted by atomic mass is 16.7. The van der Waals surface area contributed by atoms with Gasteiger partial charge in [0, 0.05) is 25.2 Å². The summed E-state index contributed by atoms with van der Waals surface area (Å²) < 4.78 is 15.9. The minimum absolute atomic E-state index is 0.0403. The van der Waals surface area contributed by atoms with Crippen LogP contribution in [0.15, 0.2) is 18.3 Å². The highest BCUT2D eigenvalue weighted by Gasteiger charge is 2.30. The molecule has 0 aromatic carbocycles. The summed E-state index contributed by atoms with van der Waals surface area (Å²) in [6.45, 7) is 3.19. The Balaban J connectivity index is 1.62. The molecule has 3 rings (SSSR count). The van der Waals surface area contributed by atoms with Crippen LogP contribution in [0.25, 0.3) is 0 Å². The molecule has 2 aliphatic heterocycles. The summed E-state index contributed by atoms with van der Waals surface area (Å²) in [7, 11) is 1.38. The molecule has 0 N–H and O–H groups in total. The Bertz CT molecular complexity index is 494. The third-order valence-corrected chi connectivity index (χ3v) is 4.06. The zero-order valence-electron chi connectivity index (χ0n) is 12.2. The van der Waals surface area contributed by atoms with Gasteiger partial charge in [0.1, 0.15) is 5.82 Å². The van der Waals surface area contributed by atoms with Gasteiger partial charge in [0.2, 0.25) is 0 Å². The summed E-state index contributed by atoms with van der Waals surface area (Å²) in [5.41, 5.74) is 0.534. The molecular formula is C15H20N2O4. The second-order valence-corrected chi connectivity index (χ2v) is 5.33. The zero-order valence-corrected chi connectivity index (χ0v) is 12.2. The van der Waals surface area contributed by atoms with Gasteiger partial charge in [0.15, 0.2) is 6.29 Å². The minimum atomic E-state index is -0.332. The van der Waals surface area contributed by atoms with E-state index >= 15 is 0 Å². The quantitative estimate of drug-likeness (QED) is 0.786. The normalized spacial score (nSPS) is 20.7. The topological polar surface area (TPSA) is 60.9 Å². The van der Waals surface area contributed by atoms with Crippen molar-refractivity contribution in [3.63, 3.8) is 0 Å². The largest absolute Gasteiger partial charge is 0.465 e. The van der Waals surface area contributed by atoms with Crippen molar-refractivity contribution in [1.29, 1.82) is 0 Å². The van der Waals surface area contributed by atoms with E-state index in [9.17, 15) is 4.79 Å². The number of pyridine rings is 1. The number of aromatic nitrogens is 1. The van der Waals surface area contributed by atoms with Crippen molar-refractivity contribution in [1.82, 2.24) is 4.98 Å². The van der Waals surface area contributed by atoms with Gasteiger partial charge in [-0.05, 0) is 25.0 Å². The van der Waals surface area contributed by atoms with E-state index in [0.717, 1.165) is 31.7 Å². The van der Waals surface area contributed by atoms with Crippen molar-refractivity contribution in [2.75, 3.05) is 38.3 Å². The first-order valence-electron chi connectivity index (χ1n) is 7.30. The summed E-state index contributed by atoms with van der Waals surface area (Å²) in [6.07, 6.45) is 3.63. The van der Waals surface area contributed by atoms with Crippen LogP contribution in [0, 0.1) is 5.92 Å². The summed E-state index contributed by atoms with van der Waals surface area (Å²) in [4.78, 5) is 18.1. The smallest absolute Gasteiger partial charge is 0.338 e. The molecule has 6 heteroatoms. The molecule has 1 aromatic heterocycles. The number of carbonyl (C=O) groups is 1. The van der Waals surface area contributed by atoms with E-state index in [0.29, 0.717) is 24.7 Å². The predicted molar refractivity (Wildman–Crippen MR) is 76.2 cm³/mol. The molecule has 0 unspecified atom stereocenters. The first-order valence-corrected chi connectivity index (χ1v) is 7.30. The number of rotatable bonds is 3. The summed E-state index contributed by atoms with van der Waals surface area (Å²) in [6, 6.07) is 3.46. The molecule has 0 amide bonds. The highest BCUT2D eigenvalue weighted by molar-refractivity contribution is 5.90. The number of carbonyl (C=O) groups excluding carboxylic acids is 1. The predicted octanol–water partition coefficient (Wildman–Crippen LogP) is 1.46. The first kappa shape index (κ1) is 14.3. The van der Waals surface area contributed by atoms with Crippen molar-refractivity contribution in [2.45, 2.75) is 19.1 Å². The average molecular weight is 292 g/mol. The van der Waals surface area contributed by atoms with E-state index in [1.54, 1.807) is 18.3 Å². The van der Waals surface area contributed by atoms with Gasteiger partial charge in [-0.25, -0.2) is 9.78 Å². The Morgan fingerprint density at radius 3 is 2.71 bits per heavy atom. The maximum absolute atomic E-state index is 11.6. The van der Waals surface area contributed by atoms with E-state index < -0.39 is 0 Å². The van der Waals surface area contributed by atoms with Crippen molar-refractivity contribution in [3.8, 4) is 0 Å². The third-order valence-electron chi connectivity index (χ3n) is 4.06. The van der Waals surface area contributed by atoms with Gasteiger partial charge in [-0.15, -0.1) is 0 Å². The Kier molecular flexibility index (Phi) is 4.36. The summed E-state index contributed by atoms with van der Waals surface area (Å²) >= 11 is 0. The van der Waals surface area contributed by atoms with Crippen LogP contribution in [0.4, 0.5) is 5.82 Å². The first-order chi connectivity index (χ1) is 10.3. The highest BCUT2D eigenvalue weighted by Crippen LogP contribution is 2.28. The third kappa shape index (κ3) is 3.16.